The van der Waals surface area contributed by atoms with Crippen molar-refractivity contribution in [3.63, 3.8) is 0 Å². The number of nitrogens with zero attached hydrogens (tertiary/aromatic N) is 4. The average molecular weight is 454 g/mol. The number of hydrogen-bond donors (Lipinski definition) is 1. The summed E-state index contributed by atoms with van der Waals surface area (Å²) in [4.78, 5) is 14.7. The highest BCUT2D eigenvalue weighted by Gasteiger charge is 2.27. The maximum atomic E-state index is 12.9. The molecule has 0 saturated carbocycles. The zero-order valence-corrected chi connectivity index (χ0v) is 19.0. The van der Waals surface area contributed by atoms with E-state index in [1.807, 2.05) is 35.8 Å². The van der Waals surface area contributed by atoms with Crippen molar-refractivity contribution in [2.45, 2.75) is 37.4 Å². The largest absolute Gasteiger partial charge is 0.497 e. The molecule has 164 valence electrons. The first-order valence-corrected chi connectivity index (χ1v) is 12.6. The van der Waals surface area contributed by atoms with Gasteiger partial charge in [-0.25, -0.2) is 13.1 Å². The SMILES string of the molecule is COc1ccc(-n2c(C)nnc2SCC(=O)N2CCCCC2CNS(C)(=O)=O)cc1. The van der Waals surface area contributed by atoms with Crippen LogP contribution in [0.3, 0.4) is 0 Å². The molecule has 9 nitrogen and oxygen atoms in total. The summed E-state index contributed by atoms with van der Waals surface area (Å²) < 4.78 is 32.5. The maximum absolute atomic E-state index is 12.9. The second kappa shape index (κ2) is 9.80. The van der Waals surface area contributed by atoms with Gasteiger partial charge in [-0.15, -0.1) is 10.2 Å². The Bertz CT molecular complexity index is 975. The Balaban J connectivity index is 1.68. The Labute approximate surface area is 181 Å². The first-order valence-electron chi connectivity index (χ1n) is 9.72. The van der Waals surface area contributed by atoms with Crippen molar-refractivity contribution in [3.05, 3.63) is 30.1 Å². The molecule has 1 aromatic carbocycles. The van der Waals surface area contributed by atoms with Crippen molar-refractivity contribution in [1.29, 1.82) is 0 Å². The number of thioether (sulfide) groups is 1. The third-order valence-electron chi connectivity index (χ3n) is 4.98. The molecule has 1 atom stereocenters. The van der Waals surface area contributed by atoms with Gasteiger partial charge in [0.05, 0.1) is 19.1 Å². The first kappa shape index (κ1) is 22.6. The Kier molecular flexibility index (Phi) is 7.37. The minimum Gasteiger partial charge on any atom is -0.497 e. The number of likely N-dealkylation sites (tertiary alicyclic amines) is 1. The van der Waals surface area contributed by atoms with E-state index in [1.165, 1.54) is 11.8 Å². The van der Waals surface area contributed by atoms with Crippen LogP contribution >= 0.6 is 11.8 Å². The van der Waals surface area contributed by atoms with Crippen LogP contribution in [0, 0.1) is 6.92 Å². The number of benzene rings is 1. The second-order valence-electron chi connectivity index (χ2n) is 7.21. The van der Waals surface area contributed by atoms with E-state index < -0.39 is 10.0 Å². The predicted molar refractivity (Wildman–Crippen MR) is 116 cm³/mol. The molecule has 2 aromatic rings. The number of hydrogen-bond acceptors (Lipinski definition) is 7. The van der Waals surface area contributed by atoms with Gasteiger partial charge in [-0.3, -0.25) is 9.36 Å². The van der Waals surface area contributed by atoms with Gasteiger partial charge in [0.15, 0.2) is 5.16 Å². The molecule has 0 radical (unpaired) electrons. The van der Waals surface area contributed by atoms with Crippen molar-refractivity contribution in [3.8, 4) is 11.4 Å². The molecule has 0 aliphatic carbocycles. The smallest absolute Gasteiger partial charge is 0.233 e. The molecule has 1 fully saturated rings. The van der Waals surface area contributed by atoms with E-state index in [0.717, 1.165) is 42.8 Å². The Morgan fingerprint density at radius 3 is 2.67 bits per heavy atom. The third kappa shape index (κ3) is 5.73. The lowest BCUT2D eigenvalue weighted by molar-refractivity contribution is -0.131. The molecule has 1 aromatic heterocycles. The summed E-state index contributed by atoms with van der Waals surface area (Å²) in [5, 5.41) is 9.01. The number of ether oxygens (including phenoxy) is 1. The van der Waals surface area contributed by atoms with Crippen LogP contribution in [0.25, 0.3) is 5.69 Å². The maximum Gasteiger partial charge on any atom is 0.233 e. The summed E-state index contributed by atoms with van der Waals surface area (Å²) in [5.74, 6) is 1.67. The molecular formula is C19H27N5O4S2. The monoisotopic (exact) mass is 453 g/mol. The lowest BCUT2D eigenvalue weighted by Gasteiger charge is -2.35. The molecule has 1 aliphatic heterocycles. The van der Waals surface area contributed by atoms with E-state index in [-0.39, 0.29) is 24.2 Å². The zero-order valence-electron chi connectivity index (χ0n) is 17.4. The molecule has 1 amide bonds. The standard InChI is InChI=1S/C19H27N5O4S2/c1-14-21-22-19(24(14)15-7-9-17(28-2)10-8-15)29-13-18(25)23-11-5-4-6-16(23)12-20-30(3,26)27/h7-10,16,20H,4-6,11-13H2,1-3H3. The van der Waals surface area contributed by atoms with E-state index in [0.29, 0.717) is 11.7 Å². The third-order valence-corrected chi connectivity index (χ3v) is 6.58. The van der Waals surface area contributed by atoms with Gasteiger partial charge in [0, 0.05) is 24.8 Å². The number of rotatable bonds is 8. The van der Waals surface area contributed by atoms with Gasteiger partial charge in [-0.05, 0) is 50.5 Å². The predicted octanol–water partition coefficient (Wildman–Crippen LogP) is 1.61. The highest BCUT2D eigenvalue weighted by Crippen LogP contribution is 2.25. The number of methoxy groups -OCH3 is 1. The lowest BCUT2D eigenvalue weighted by atomic mass is 10.0. The van der Waals surface area contributed by atoms with Crippen molar-refractivity contribution < 1.29 is 17.9 Å². The van der Waals surface area contributed by atoms with Crippen LogP contribution in [0.5, 0.6) is 5.75 Å². The molecule has 1 N–H and O–H groups in total. The summed E-state index contributed by atoms with van der Waals surface area (Å²) in [7, 11) is -1.67. The lowest BCUT2D eigenvalue weighted by Crippen LogP contribution is -2.49. The van der Waals surface area contributed by atoms with E-state index >= 15 is 0 Å². The highest BCUT2D eigenvalue weighted by molar-refractivity contribution is 7.99. The van der Waals surface area contributed by atoms with E-state index in [2.05, 4.69) is 14.9 Å². The number of piperidine rings is 1. The quantitative estimate of drug-likeness (QED) is 0.605. The van der Waals surface area contributed by atoms with E-state index in [1.54, 1.807) is 12.0 Å². The molecule has 1 saturated heterocycles. The van der Waals surface area contributed by atoms with Crippen LogP contribution in [-0.2, 0) is 14.8 Å². The van der Waals surface area contributed by atoms with Gasteiger partial charge < -0.3 is 9.64 Å². The normalized spacial score (nSPS) is 17.2. The van der Waals surface area contributed by atoms with Gasteiger partial charge in [-0.2, -0.15) is 0 Å². The molecule has 11 heteroatoms. The first-order chi connectivity index (χ1) is 14.3. The van der Waals surface area contributed by atoms with Crippen LogP contribution in [0.4, 0.5) is 0 Å². The number of carbonyl (C=O) groups is 1. The summed E-state index contributed by atoms with van der Waals surface area (Å²) in [6.07, 6.45) is 3.83. The molecule has 3 rings (SSSR count). The van der Waals surface area contributed by atoms with Crippen LogP contribution in [0.2, 0.25) is 0 Å². The van der Waals surface area contributed by atoms with Crippen molar-refractivity contribution in [1.82, 2.24) is 24.4 Å². The molecule has 1 aliphatic rings. The van der Waals surface area contributed by atoms with Crippen molar-refractivity contribution >= 4 is 27.7 Å². The van der Waals surface area contributed by atoms with Gasteiger partial charge >= 0.3 is 0 Å². The van der Waals surface area contributed by atoms with Gasteiger partial charge in [-0.1, -0.05) is 11.8 Å². The summed E-state index contributed by atoms with van der Waals surface area (Å²) in [6.45, 7) is 2.75. The van der Waals surface area contributed by atoms with Crippen molar-refractivity contribution in [2.24, 2.45) is 0 Å². The van der Waals surface area contributed by atoms with Gasteiger partial charge in [0.2, 0.25) is 15.9 Å². The number of carbonyl (C=O) groups excluding carboxylic acids is 1. The topological polar surface area (TPSA) is 106 Å². The van der Waals surface area contributed by atoms with E-state index in [9.17, 15) is 13.2 Å². The second-order valence-corrected chi connectivity index (χ2v) is 9.98. The molecule has 2 heterocycles. The molecule has 30 heavy (non-hydrogen) atoms. The Morgan fingerprint density at radius 2 is 2.00 bits per heavy atom. The fourth-order valence-corrected chi connectivity index (χ4v) is 4.84. The zero-order chi connectivity index (χ0) is 21.7. The summed E-state index contributed by atoms with van der Waals surface area (Å²) in [5.41, 5.74) is 0.890. The van der Waals surface area contributed by atoms with E-state index in [4.69, 9.17) is 4.74 Å². The van der Waals surface area contributed by atoms with Crippen LogP contribution in [0.1, 0.15) is 25.1 Å². The van der Waals surface area contributed by atoms with Gasteiger partial charge in [0.1, 0.15) is 11.6 Å². The summed E-state index contributed by atoms with van der Waals surface area (Å²) in [6, 6.07) is 7.43. The average Bonchev–Trinajstić information content (AvgIpc) is 3.10. The molecular weight excluding hydrogens is 426 g/mol. The number of aryl methyl sites for hydroxylation is 1. The number of amides is 1. The van der Waals surface area contributed by atoms with Crippen LogP contribution in [-0.4, -0.2) is 72.2 Å². The number of sulfonamides is 1. The fraction of sp³-hybridized carbons (Fsp3) is 0.526. The number of aromatic nitrogens is 3. The molecule has 1 unspecified atom stereocenters. The molecule has 0 bridgehead atoms. The van der Waals surface area contributed by atoms with Crippen molar-refractivity contribution in [2.75, 3.05) is 32.2 Å². The van der Waals surface area contributed by atoms with Gasteiger partial charge in [0.25, 0.3) is 0 Å². The minimum absolute atomic E-state index is 0.0260. The summed E-state index contributed by atoms with van der Waals surface area (Å²) >= 11 is 1.33. The number of nitrogens with one attached hydrogen (secondary N) is 1. The van der Waals surface area contributed by atoms with Crippen LogP contribution in [0.15, 0.2) is 29.4 Å². The van der Waals surface area contributed by atoms with Crippen LogP contribution < -0.4 is 9.46 Å². The minimum atomic E-state index is -3.29. The fourth-order valence-electron chi connectivity index (χ4n) is 3.46. The Hall–Kier alpha value is -2.11. The Morgan fingerprint density at radius 1 is 1.27 bits per heavy atom. The highest BCUT2D eigenvalue weighted by atomic mass is 32.2. The molecule has 0 spiro atoms.